The van der Waals surface area contributed by atoms with Crippen molar-refractivity contribution in [1.29, 1.82) is 0 Å². The third-order valence-electron chi connectivity index (χ3n) is 7.32. The summed E-state index contributed by atoms with van der Waals surface area (Å²) in [5.74, 6) is 1.25. The van der Waals surface area contributed by atoms with Crippen LogP contribution in [0.25, 0.3) is 22.5 Å². The van der Waals surface area contributed by atoms with Gasteiger partial charge in [-0.2, -0.15) is 5.21 Å². The molecule has 3 heterocycles. The number of benzene rings is 2. The zero-order valence-corrected chi connectivity index (χ0v) is 22.4. The highest BCUT2D eigenvalue weighted by Crippen LogP contribution is 2.38. The predicted octanol–water partition coefficient (Wildman–Crippen LogP) is 5.91. The number of nitrogens with zero attached hydrogens (tertiary/aromatic N) is 6. The van der Waals surface area contributed by atoms with Crippen LogP contribution in [0.1, 0.15) is 67.5 Å². The highest BCUT2D eigenvalue weighted by atomic mass is 15.5. The largest absolute Gasteiger partial charge is 0.294 e. The first kappa shape index (κ1) is 25.2. The van der Waals surface area contributed by atoms with Crippen molar-refractivity contribution in [2.75, 3.05) is 13.1 Å². The SMILES string of the molecule is Cc1ccc(-c2nc3c(nc2-c2ccc(C)cc2)C(C(C)C)N(CCCCCc2nn[nH]n2)CC3)cc1. The number of nitrogens with one attached hydrogen (secondary N) is 1. The summed E-state index contributed by atoms with van der Waals surface area (Å²) in [6.45, 7) is 10.9. The summed E-state index contributed by atoms with van der Waals surface area (Å²) in [6, 6.07) is 17.6. The normalized spacial score (nSPS) is 15.8. The number of aromatic amines is 1. The topological polar surface area (TPSA) is 83.5 Å². The summed E-state index contributed by atoms with van der Waals surface area (Å²) in [4.78, 5) is 13.3. The van der Waals surface area contributed by atoms with Crippen LogP contribution in [-0.4, -0.2) is 48.6 Å². The van der Waals surface area contributed by atoms with Crippen molar-refractivity contribution in [2.45, 2.75) is 65.8 Å². The molecule has 37 heavy (non-hydrogen) atoms. The van der Waals surface area contributed by atoms with Gasteiger partial charge in [-0.3, -0.25) is 4.90 Å². The molecule has 0 fully saturated rings. The number of aryl methyl sites for hydroxylation is 3. The van der Waals surface area contributed by atoms with Crippen molar-refractivity contribution >= 4 is 0 Å². The third kappa shape index (κ3) is 5.77. The lowest BCUT2D eigenvalue weighted by Gasteiger charge is -2.39. The molecule has 0 aliphatic carbocycles. The second-order valence-corrected chi connectivity index (χ2v) is 10.6. The van der Waals surface area contributed by atoms with E-state index in [-0.39, 0.29) is 6.04 Å². The number of tetrazole rings is 1. The first-order valence-corrected chi connectivity index (χ1v) is 13.5. The van der Waals surface area contributed by atoms with Crippen LogP contribution in [0.3, 0.4) is 0 Å². The van der Waals surface area contributed by atoms with Crippen molar-refractivity contribution in [3.8, 4) is 22.5 Å². The van der Waals surface area contributed by atoms with Crippen LogP contribution in [-0.2, 0) is 12.8 Å². The average Bonchev–Trinajstić information content (AvgIpc) is 3.42. The molecule has 7 heteroatoms. The molecular weight excluding hydrogens is 458 g/mol. The van der Waals surface area contributed by atoms with E-state index in [1.165, 1.54) is 11.1 Å². The van der Waals surface area contributed by atoms with Crippen molar-refractivity contribution in [3.05, 3.63) is 76.9 Å². The quantitative estimate of drug-likeness (QED) is 0.291. The number of H-pyrrole nitrogens is 1. The molecule has 0 saturated heterocycles. The van der Waals surface area contributed by atoms with Gasteiger partial charge in [-0.25, -0.2) is 9.97 Å². The Hall–Kier alpha value is -3.45. The molecule has 1 atom stereocenters. The fourth-order valence-corrected chi connectivity index (χ4v) is 5.34. The standard InChI is InChI=1S/C30H37N7/c1-20(2)30-29-25(17-19-37(30)18-7-5-6-8-26-33-35-36-34-26)31-27(23-13-9-21(3)10-14-23)28(32-29)24-15-11-22(4)12-16-24/h9-16,20,30H,5-8,17-19H2,1-4H3,(H,33,34,35,36). The third-order valence-corrected chi connectivity index (χ3v) is 7.32. The summed E-state index contributed by atoms with van der Waals surface area (Å²) < 4.78 is 0. The van der Waals surface area contributed by atoms with Gasteiger partial charge in [-0.15, -0.1) is 10.2 Å². The minimum Gasteiger partial charge on any atom is -0.294 e. The summed E-state index contributed by atoms with van der Waals surface area (Å²) >= 11 is 0. The minimum atomic E-state index is 0.268. The smallest absolute Gasteiger partial charge is 0.174 e. The molecule has 0 radical (unpaired) electrons. The molecule has 7 nitrogen and oxygen atoms in total. The summed E-state index contributed by atoms with van der Waals surface area (Å²) in [5.41, 5.74) is 9.02. The van der Waals surface area contributed by atoms with Crippen molar-refractivity contribution in [2.24, 2.45) is 5.92 Å². The van der Waals surface area contributed by atoms with Gasteiger partial charge in [0.2, 0.25) is 0 Å². The Balaban J connectivity index is 1.43. The zero-order chi connectivity index (χ0) is 25.8. The number of hydrogen-bond acceptors (Lipinski definition) is 6. The van der Waals surface area contributed by atoms with Gasteiger partial charge in [0.25, 0.3) is 0 Å². The van der Waals surface area contributed by atoms with Crippen molar-refractivity contribution < 1.29 is 0 Å². The van der Waals surface area contributed by atoms with Crippen LogP contribution < -0.4 is 0 Å². The number of rotatable bonds is 9. The Morgan fingerprint density at radius 2 is 1.51 bits per heavy atom. The number of aromatic nitrogens is 6. The first-order valence-electron chi connectivity index (χ1n) is 13.5. The molecule has 4 aromatic rings. The fourth-order valence-electron chi connectivity index (χ4n) is 5.34. The van der Waals surface area contributed by atoms with Gasteiger partial charge in [0, 0.05) is 30.5 Å². The van der Waals surface area contributed by atoms with E-state index in [1.54, 1.807) is 0 Å². The van der Waals surface area contributed by atoms with Gasteiger partial charge < -0.3 is 0 Å². The van der Waals surface area contributed by atoms with E-state index in [1.807, 2.05) is 0 Å². The first-order chi connectivity index (χ1) is 18.0. The molecule has 0 bridgehead atoms. The van der Waals surface area contributed by atoms with E-state index in [0.717, 1.165) is 84.9 Å². The molecule has 1 N–H and O–H groups in total. The lowest BCUT2D eigenvalue weighted by molar-refractivity contribution is 0.135. The van der Waals surface area contributed by atoms with Gasteiger partial charge in [0.1, 0.15) is 0 Å². The van der Waals surface area contributed by atoms with E-state index in [9.17, 15) is 0 Å². The van der Waals surface area contributed by atoms with E-state index in [0.29, 0.717) is 5.92 Å². The zero-order valence-electron chi connectivity index (χ0n) is 22.4. The Bertz CT molecular complexity index is 1300. The predicted molar refractivity (Wildman–Crippen MR) is 147 cm³/mol. The van der Waals surface area contributed by atoms with E-state index < -0.39 is 0 Å². The minimum absolute atomic E-state index is 0.268. The molecule has 5 rings (SSSR count). The van der Waals surface area contributed by atoms with Gasteiger partial charge in [-0.1, -0.05) is 85.1 Å². The molecule has 2 aromatic heterocycles. The summed E-state index contributed by atoms with van der Waals surface area (Å²) in [5, 5.41) is 14.3. The van der Waals surface area contributed by atoms with E-state index >= 15 is 0 Å². The maximum Gasteiger partial charge on any atom is 0.174 e. The van der Waals surface area contributed by atoms with Crippen molar-refractivity contribution in [3.63, 3.8) is 0 Å². The number of unbranched alkanes of at least 4 members (excludes halogenated alkanes) is 2. The highest BCUT2D eigenvalue weighted by Gasteiger charge is 2.33. The van der Waals surface area contributed by atoms with Crippen LogP contribution in [0.5, 0.6) is 0 Å². The maximum absolute atomic E-state index is 5.41. The molecule has 1 aliphatic rings. The van der Waals surface area contributed by atoms with E-state index in [2.05, 4.69) is 102 Å². The Morgan fingerprint density at radius 3 is 2.11 bits per heavy atom. The molecule has 1 aliphatic heterocycles. The number of fused-ring (bicyclic) bond motifs is 1. The monoisotopic (exact) mass is 495 g/mol. The summed E-state index contributed by atoms with van der Waals surface area (Å²) in [7, 11) is 0. The molecular formula is C30H37N7. The van der Waals surface area contributed by atoms with Gasteiger partial charge in [0.15, 0.2) is 5.82 Å². The van der Waals surface area contributed by atoms with Gasteiger partial charge in [0.05, 0.1) is 28.8 Å². The lowest BCUT2D eigenvalue weighted by atomic mass is 9.91. The molecule has 1 unspecified atom stereocenters. The number of hydrogen-bond donors (Lipinski definition) is 1. The maximum atomic E-state index is 5.41. The van der Waals surface area contributed by atoms with Gasteiger partial charge >= 0.3 is 0 Å². The Kier molecular flexibility index (Phi) is 7.70. The Labute approximate surface area is 219 Å². The van der Waals surface area contributed by atoms with Crippen LogP contribution in [0, 0.1) is 19.8 Å². The van der Waals surface area contributed by atoms with Crippen molar-refractivity contribution in [1.82, 2.24) is 35.5 Å². The fraction of sp³-hybridized carbons (Fsp3) is 0.433. The lowest BCUT2D eigenvalue weighted by Crippen LogP contribution is -2.40. The summed E-state index contributed by atoms with van der Waals surface area (Å²) in [6.07, 6.45) is 5.18. The van der Waals surface area contributed by atoms with Crippen LogP contribution in [0.4, 0.5) is 0 Å². The van der Waals surface area contributed by atoms with Crippen LogP contribution >= 0.6 is 0 Å². The molecule has 2 aromatic carbocycles. The highest BCUT2D eigenvalue weighted by molar-refractivity contribution is 5.78. The molecule has 0 amide bonds. The van der Waals surface area contributed by atoms with Crippen LogP contribution in [0.2, 0.25) is 0 Å². The second-order valence-electron chi connectivity index (χ2n) is 10.6. The average molecular weight is 496 g/mol. The van der Waals surface area contributed by atoms with Gasteiger partial charge in [-0.05, 0) is 39.2 Å². The molecule has 0 saturated carbocycles. The Morgan fingerprint density at radius 1 is 0.865 bits per heavy atom. The van der Waals surface area contributed by atoms with Crippen LogP contribution in [0.15, 0.2) is 48.5 Å². The molecule has 192 valence electrons. The second kappa shape index (κ2) is 11.3. The van der Waals surface area contributed by atoms with E-state index in [4.69, 9.17) is 9.97 Å². The molecule has 0 spiro atoms.